The highest BCUT2D eigenvalue weighted by Crippen LogP contribution is 2.41. The molecule has 2 bridgehead atoms. The molecule has 3 saturated heterocycles. The zero-order chi connectivity index (χ0) is 25.8. The number of nitrogens with one attached hydrogen (secondary N) is 1. The number of benzene rings is 2. The van der Waals surface area contributed by atoms with Crippen molar-refractivity contribution in [2.45, 2.75) is 56.8 Å². The molecule has 5 heterocycles. The van der Waals surface area contributed by atoms with Gasteiger partial charge >= 0.3 is 6.01 Å². The zero-order valence-electron chi connectivity index (χ0n) is 21.9. The largest absolute Gasteiger partial charge is 0.507 e. The van der Waals surface area contributed by atoms with E-state index in [1.807, 2.05) is 18.2 Å². The minimum atomic E-state index is 0.258. The quantitative estimate of drug-likeness (QED) is 0.469. The van der Waals surface area contributed by atoms with Crippen LogP contribution >= 0.6 is 15.9 Å². The Morgan fingerprint density at radius 2 is 1.84 bits per heavy atom. The first-order chi connectivity index (χ1) is 18.5. The van der Waals surface area contributed by atoms with Crippen LogP contribution in [0.4, 0.5) is 11.5 Å². The third kappa shape index (κ3) is 4.38. The summed E-state index contributed by atoms with van der Waals surface area (Å²) < 4.78 is 7.04. The van der Waals surface area contributed by atoms with Gasteiger partial charge in [0.15, 0.2) is 0 Å². The molecule has 0 saturated carbocycles. The van der Waals surface area contributed by atoms with E-state index in [-0.39, 0.29) is 5.75 Å². The molecule has 8 nitrogen and oxygen atoms in total. The molecule has 0 aliphatic carbocycles. The summed E-state index contributed by atoms with van der Waals surface area (Å²) in [7, 11) is 2.17. The lowest BCUT2D eigenvalue weighted by molar-refractivity contribution is 0.187. The predicted octanol–water partition coefficient (Wildman–Crippen LogP) is 4.07. The lowest BCUT2D eigenvalue weighted by atomic mass is 10.0. The van der Waals surface area contributed by atoms with Gasteiger partial charge in [-0.25, -0.2) is 0 Å². The number of phenols is 1. The van der Waals surface area contributed by atoms with Crippen molar-refractivity contribution >= 4 is 38.2 Å². The van der Waals surface area contributed by atoms with Crippen LogP contribution in [0, 0.1) is 0 Å². The maximum absolute atomic E-state index is 10.7. The molecule has 0 radical (unpaired) electrons. The van der Waals surface area contributed by atoms with E-state index in [0.29, 0.717) is 37.3 Å². The summed E-state index contributed by atoms with van der Waals surface area (Å²) in [6.45, 7) is 5.22. The molecule has 7 rings (SSSR count). The van der Waals surface area contributed by atoms with Gasteiger partial charge in [-0.3, -0.25) is 0 Å². The number of fused-ring (bicyclic) bond motifs is 4. The molecule has 3 fully saturated rings. The Labute approximate surface area is 232 Å². The van der Waals surface area contributed by atoms with Gasteiger partial charge in [0.1, 0.15) is 18.2 Å². The zero-order valence-corrected chi connectivity index (χ0v) is 23.5. The molecule has 38 heavy (non-hydrogen) atoms. The fourth-order valence-corrected chi connectivity index (χ4v) is 7.28. The number of hydrogen-bond donors (Lipinski definition) is 2. The van der Waals surface area contributed by atoms with E-state index in [9.17, 15) is 5.11 Å². The van der Waals surface area contributed by atoms with Crippen LogP contribution in [0.15, 0.2) is 34.8 Å². The molecule has 200 valence electrons. The van der Waals surface area contributed by atoms with Crippen LogP contribution in [0.3, 0.4) is 0 Å². The molecular weight excluding hydrogens is 544 g/mol. The summed E-state index contributed by atoms with van der Waals surface area (Å²) in [6, 6.07) is 12.1. The Hall–Kier alpha value is -2.62. The van der Waals surface area contributed by atoms with Crippen LogP contribution in [0.2, 0.25) is 0 Å². The van der Waals surface area contributed by atoms with Crippen molar-refractivity contribution in [1.82, 2.24) is 20.2 Å². The minimum Gasteiger partial charge on any atom is -0.507 e. The molecule has 4 aliphatic heterocycles. The van der Waals surface area contributed by atoms with Crippen molar-refractivity contribution in [2.75, 3.05) is 49.6 Å². The van der Waals surface area contributed by atoms with Crippen molar-refractivity contribution in [3.8, 4) is 11.8 Å². The number of phenolic OH excluding ortho intramolecular Hbond substituents is 1. The third-order valence-corrected chi connectivity index (χ3v) is 9.73. The first-order valence-electron chi connectivity index (χ1n) is 13.9. The van der Waals surface area contributed by atoms with Gasteiger partial charge in [-0.15, -0.1) is 0 Å². The number of likely N-dealkylation sites (N-methyl/N-ethyl adjacent to an activating group) is 1. The molecule has 3 atom stereocenters. The van der Waals surface area contributed by atoms with Gasteiger partial charge in [0.05, 0.1) is 16.7 Å². The molecule has 2 N–H and O–H groups in total. The van der Waals surface area contributed by atoms with Crippen LogP contribution < -0.4 is 19.9 Å². The second-order valence-electron chi connectivity index (χ2n) is 11.3. The number of anilines is 2. The lowest BCUT2D eigenvalue weighted by Crippen LogP contribution is -2.52. The number of aromatic nitrogens is 2. The molecule has 4 aliphatic rings. The fourth-order valence-electron chi connectivity index (χ4n) is 6.82. The van der Waals surface area contributed by atoms with Crippen LogP contribution in [-0.2, 0) is 13.0 Å². The second-order valence-corrected chi connectivity index (χ2v) is 12.1. The van der Waals surface area contributed by atoms with Gasteiger partial charge in [-0.1, -0.05) is 24.3 Å². The molecule has 0 spiro atoms. The Bertz CT molecular complexity index is 1360. The highest BCUT2D eigenvalue weighted by Gasteiger charge is 2.35. The Kier molecular flexibility index (Phi) is 6.33. The molecule has 1 unspecified atom stereocenters. The number of ether oxygens (including phenoxy) is 1. The minimum absolute atomic E-state index is 0.258. The molecule has 0 amide bonds. The van der Waals surface area contributed by atoms with E-state index in [1.165, 1.54) is 24.8 Å². The normalized spacial score (nSPS) is 25.3. The van der Waals surface area contributed by atoms with E-state index in [4.69, 9.17) is 14.7 Å². The predicted molar refractivity (Wildman–Crippen MR) is 153 cm³/mol. The van der Waals surface area contributed by atoms with Gasteiger partial charge in [-0.2, -0.15) is 9.97 Å². The van der Waals surface area contributed by atoms with E-state index in [2.05, 4.69) is 55.1 Å². The maximum atomic E-state index is 10.7. The summed E-state index contributed by atoms with van der Waals surface area (Å²) in [5, 5.41) is 16.6. The van der Waals surface area contributed by atoms with Crippen LogP contribution in [0.1, 0.15) is 36.9 Å². The maximum Gasteiger partial charge on any atom is 0.318 e. The topological polar surface area (TPSA) is 77.0 Å². The van der Waals surface area contributed by atoms with Crippen molar-refractivity contribution in [2.24, 2.45) is 0 Å². The number of hydrogen-bond acceptors (Lipinski definition) is 8. The van der Waals surface area contributed by atoms with E-state index in [0.717, 1.165) is 71.5 Å². The average Bonchev–Trinajstić information content (AvgIpc) is 3.51. The Morgan fingerprint density at radius 3 is 2.61 bits per heavy atom. The van der Waals surface area contributed by atoms with Crippen molar-refractivity contribution in [1.29, 1.82) is 0 Å². The third-order valence-electron chi connectivity index (χ3n) is 8.89. The molecule has 2 aromatic carbocycles. The molecule has 1 aromatic heterocycles. The second kappa shape index (κ2) is 9.84. The van der Waals surface area contributed by atoms with Gasteiger partial charge in [0, 0.05) is 65.8 Å². The Morgan fingerprint density at radius 1 is 1.05 bits per heavy atom. The van der Waals surface area contributed by atoms with Gasteiger partial charge in [-0.05, 0) is 61.6 Å². The van der Waals surface area contributed by atoms with Gasteiger partial charge in [0.2, 0.25) is 0 Å². The standard InChI is InChI=1S/C29H35BrN6O2/c1-34-11-4-5-20(34)17-38-29-32-24-16-35(25-13-26(37)27(30)22-7-3-2-6-21(22)25)12-10-23(24)28(33-29)36-14-18-8-9-19(15-36)31-18/h2-3,6-7,13,18-20,31,37H,4-5,8-12,14-17H2,1H3/t18-,19+,20?. The number of likely N-dealkylation sites (tertiary alicyclic amines) is 1. The number of aromatic hydroxyl groups is 1. The van der Waals surface area contributed by atoms with Crippen LogP contribution in [0.25, 0.3) is 10.8 Å². The Balaban J connectivity index is 1.24. The smallest absolute Gasteiger partial charge is 0.318 e. The number of nitrogens with zero attached hydrogens (tertiary/aromatic N) is 5. The summed E-state index contributed by atoms with van der Waals surface area (Å²) in [6.07, 6.45) is 5.71. The van der Waals surface area contributed by atoms with Gasteiger partial charge < -0.3 is 29.9 Å². The van der Waals surface area contributed by atoms with E-state index >= 15 is 0 Å². The fraction of sp³-hybridized carbons (Fsp3) is 0.517. The summed E-state index contributed by atoms with van der Waals surface area (Å²) in [5.74, 6) is 1.32. The number of piperazine rings is 1. The van der Waals surface area contributed by atoms with Crippen molar-refractivity contribution in [3.63, 3.8) is 0 Å². The first-order valence-corrected chi connectivity index (χ1v) is 14.7. The first kappa shape index (κ1) is 24.4. The molecule has 9 heteroatoms. The molecular formula is C29H35BrN6O2. The van der Waals surface area contributed by atoms with Crippen molar-refractivity contribution < 1.29 is 9.84 Å². The highest BCUT2D eigenvalue weighted by molar-refractivity contribution is 9.10. The van der Waals surface area contributed by atoms with E-state index in [1.54, 1.807) is 0 Å². The summed E-state index contributed by atoms with van der Waals surface area (Å²) in [4.78, 5) is 17.2. The number of halogens is 1. The highest BCUT2D eigenvalue weighted by atomic mass is 79.9. The average molecular weight is 580 g/mol. The summed E-state index contributed by atoms with van der Waals surface area (Å²) >= 11 is 3.57. The van der Waals surface area contributed by atoms with Gasteiger partial charge in [0.25, 0.3) is 0 Å². The van der Waals surface area contributed by atoms with Crippen molar-refractivity contribution in [3.05, 3.63) is 46.1 Å². The monoisotopic (exact) mass is 578 g/mol. The van der Waals surface area contributed by atoms with Crippen LogP contribution in [0.5, 0.6) is 11.8 Å². The number of rotatable bonds is 5. The SMILES string of the molecule is CN1CCCC1COc1nc2c(c(N3C[C@H]4CC[C@@H](C3)N4)n1)CCN(c1cc(O)c(Br)c3ccccc13)C2. The summed E-state index contributed by atoms with van der Waals surface area (Å²) in [5.41, 5.74) is 3.31. The van der Waals surface area contributed by atoms with E-state index < -0.39 is 0 Å². The lowest BCUT2D eigenvalue weighted by Gasteiger charge is -2.37. The molecule has 3 aromatic rings. The van der Waals surface area contributed by atoms with Crippen LogP contribution in [-0.4, -0.2) is 77.9 Å².